The van der Waals surface area contributed by atoms with Gasteiger partial charge in [0.15, 0.2) is 0 Å². The van der Waals surface area contributed by atoms with Crippen LogP contribution in [0.1, 0.15) is 24.2 Å². The molecule has 0 saturated carbocycles. The van der Waals surface area contributed by atoms with Crippen LogP contribution < -0.4 is 5.32 Å². The van der Waals surface area contributed by atoms with Gasteiger partial charge in [-0.1, -0.05) is 18.5 Å². The fourth-order valence-electron chi connectivity index (χ4n) is 1.68. The van der Waals surface area contributed by atoms with Gasteiger partial charge in [0.05, 0.1) is 17.2 Å². The van der Waals surface area contributed by atoms with E-state index in [1.807, 2.05) is 12.3 Å². The van der Waals surface area contributed by atoms with Gasteiger partial charge in [-0.3, -0.25) is 0 Å². The number of nitrogens with zero attached hydrogens (tertiary/aromatic N) is 1. The number of nitrogens with one attached hydrogen (secondary N) is 1. The summed E-state index contributed by atoms with van der Waals surface area (Å²) < 4.78 is 13.3. The van der Waals surface area contributed by atoms with E-state index in [0.717, 1.165) is 17.8 Å². The Morgan fingerprint density at radius 2 is 2.35 bits per heavy atom. The minimum absolute atomic E-state index is 0.158. The molecular formula is C12H12ClFN2S. The van der Waals surface area contributed by atoms with E-state index in [1.165, 1.54) is 23.5 Å². The summed E-state index contributed by atoms with van der Waals surface area (Å²) in [7, 11) is 0. The minimum Gasteiger partial charge on any atom is -0.305 e. The summed E-state index contributed by atoms with van der Waals surface area (Å²) in [6, 6.07) is 4.22. The third-order valence-corrected chi connectivity index (χ3v) is 3.37. The largest absolute Gasteiger partial charge is 0.305 e. The SMILES string of the molecule is CCNC(c1cscn1)c1cc(F)ccc1Cl. The fraction of sp³-hybridized carbons (Fsp3) is 0.250. The van der Waals surface area contributed by atoms with Crippen LogP contribution in [0.15, 0.2) is 29.1 Å². The van der Waals surface area contributed by atoms with Crippen molar-refractivity contribution in [1.82, 2.24) is 10.3 Å². The lowest BCUT2D eigenvalue weighted by Gasteiger charge is -2.17. The van der Waals surface area contributed by atoms with Crippen molar-refractivity contribution < 1.29 is 4.39 Å². The van der Waals surface area contributed by atoms with E-state index in [-0.39, 0.29) is 11.9 Å². The Bertz CT molecular complexity index is 487. The molecule has 1 heterocycles. The Kier molecular flexibility index (Phi) is 4.10. The van der Waals surface area contributed by atoms with E-state index in [2.05, 4.69) is 10.3 Å². The first-order chi connectivity index (χ1) is 8.22. The molecular weight excluding hydrogens is 259 g/mol. The van der Waals surface area contributed by atoms with Gasteiger partial charge in [0.2, 0.25) is 0 Å². The topological polar surface area (TPSA) is 24.9 Å². The predicted octanol–water partition coefficient (Wildman–Crippen LogP) is 3.63. The van der Waals surface area contributed by atoms with Crippen LogP contribution in [0, 0.1) is 5.82 Å². The summed E-state index contributed by atoms with van der Waals surface area (Å²) >= 11 is 7.62. The molecule has 5 heteroatoms. The average Bonchev–Trinajstić information content (AvgIpc) is 2.83. The summed E-state index contributed by atoms with van der Waals surface area (Å²) in [5.74, 6) is -0.289. The molecule has 0 aliphatic rings. The maximum Gasteiger partial charge on any atom is 0.123 e. The third-order valence-electron chi connectivity index (χ3n) is 2.42. The molecule has 0 bridgehead atoms. The molecule has 1 N–H and O–H groups in total. The summed E-state index contributed by atoms with van der Waals surface area (Å²) in [5.41, 5.74) is 3.34. The van der Waals surface area contributed by atoms with Crippen LogP contribution in [0.2, 0.25) is 5.02 Å². The third kappa shape index (κ3) is 2.83. The zero-order valence-electron chi connectivity index (χ0n) is 9.28. The van der Waals surface area contributed by atoms with Crippen molar-refractivity contribution in [3.8, 4) is 0 Å². The maximum absolute atomic E-state index is 13.3. The van der Waals surface area contributed by atoms with Crippen LogP contribution in [0.25, 0.3) is 0 Å². The predicted molar refractivity (Wildman–Crippen MR) is 69.0 cm³/mol. The van der Waals surface area contributed by atoms with Crippen molar-refractivity contribution in [2.24, 2.45) is 0 Å². The molecule has 1 unspecified atom stereocenters. The Morgan fingerprint density at radius 3 is 3.00 bits per heavy atom. The molecule has 2 aromatic rings. The normalized spacial score (nSPS) is 12.6. The molecule has 1 aromatic carbocycles. The molecule has 90 valence electrons. The van der Waals surface area contributed by atoms with Crippen LogP contribution in [0.5, 0.6) is 0 Å². The average molecular weight is 271 g/mol. The van der Waals surface area contributed by atoms with E-state index in [1.54, 1.807) is 11.6 Å². The van der Waals surface area contributed by atoms with Crippen molar-refractivity contribution in [2.45, 2.75) is 13.0 Å². The highest BCUT2D eigenvalue weighted by Crippen LogP contribution is 2.28. The van der Waals surface area contributed by atoms with Gasteiger partial charge < -0.3 is 5.32 Å². The Labute approximate surface area is 108 Å². The number of rotatable bonds is 4. The number of hydrogen-bond donors (Lipinski definition) is 1. The molecule has 0 aliphatic heterocycles. The van der Waals surface area contributed by atoms with E-state index >= 15 is 0 Å². The highest BCUT2D eigenvalue weighted by molar-refractivity contribution is 7.07. The Balaban J connectivity index is 2.42. The van der Waals surface area contributed by atoms with Crippen molar-refractivity contribution in [3.63, 3.8) is 0 Å². The molecule has 0 fully saturated rings. The number of benzene rings is 1. The first kappa shape index (κ1) is 12.5. The highest BCUT2D eigenvalue weighted by atomic mass is 35.5. The zero-order chi connectivity index (χ0) is 12.3. The van der Waals surface area contributed by atoms with Crippen molar-refractivity contribution in [1.29, 1.82) is 0 Å². The number of thiazole rings is 1. The first-order valence-corrected chi connectivity index (χ1v) is 6.61. The quantitative estimate of drug-likeness (QED) is 0.918. The summed E-state index contributed by atoms with van der Waals surface area (Å²) in [5, 5.41) is 5.75. The fourth-order valence-corrected chi connectivity index (χ4v) is 2.48. The van der Waals surface area contributed by atoms with E-state index in [4.69, 9.17) is 11.6 Å². The van der Waals surface area contributed by atoms with E-state index < -0.39 is 0 Å². The number of aromatic nitrogens is 1. The van der Waals surface area contributed by atoms with Crippen LogP contribution in [0.3, 0.4) is 0 Å². The molecule has 0 spiro atoms. The zero-order valence-corrected chi connectivity index (χ0v) is 10.9. The van der Waals surface area contributed by atoms with Crippen LogP contribution in [-0.2, 0) is 0 Å². The second kappa shape index (κ2) is 5.58. The second-order valence-corrected chi connectivity index (χ2v) is 4.70. The van der Waals surface area contributed by atoms with Crippen molar-refractivity contribution >= 4 is 22.9 Å². The van der Waals surface area contributed by atoms with E-state index in [0.29, 0.717) is 5.02 Å². The smallest absolute Gasteiger partial charge is 0.123 e. The molecule has 2 rings (SSSR count). The van der Waals surface area contributed by atoms with Crippen molar-refractivity contribution in [3.05, 3.63) is 51.2 Å². The monoisotopic (exact) mass is 270 g/mol. The number of halogens is 2. The van der Waals surface area contributed by atoms with Crippen LogP contribution in [0.4, 0.5) is 4.39 Å². The molecule has 0 amide bonds. The lowest BCUT2D eigenvalue weighted by atomic mass is 10.0. The lowest BCUT2D eigenvalue weighted by molar-refractivity contribution is 0.597. The standard InChI is InChI=1S/C12H12ClFN2S/c1-2-15-12(11-6-17-7-16-11)9-5-8(14)3-4-10(9)13/h3-7,12,15H,2H2,1H3. The molecule has 1 aromatic heterocycles. The van der Waals surface area contributed by atoms with Crippen LogP contribution in [-0.4, -0.2) is 11.5 Å². The van der Waals surface area contributed by atoms with Gasteiger partial charge in [-0.15, -0.1) is 11.3 Å². The van der Waals surface area contributed by atoms with Gasteiger partial charge in [-0.2, -0.15) is 0 Å². The van der Waals surface area contributed by atoms with E-state index in [9.17, 15) is 4.39 Å². The highest BCUT2D eigenvalue weighted by Gasteiger charge is 2.18. The van der Waals surface area contributed by atoms with Gasteiger partial charge in [-0.25, -0.2) is 9.37 Å². The Hall–Kier alpha value is -0.970. The number of hydrogen-bond acceptors (Lipinski definition) is 3. The van der Waals surface area contributed by atoms with Crippen molar-refractivity contribution in [2.75, 3.05) is 6.54 Å². The molecule has 2 nitrogen and oxygen atoms in total. The maximum atomic E-state index is 13.3. The van der Waals surface area contributed by atoms with Crippen LogP contribution >= 0.6 is 22.9 Å². The summed E-state index contributed by atoms with van der Waals surface area (Å²) in [6.45, 7) is 2.75. The van der Waals surface area contributed by atoms with Gasteiger partial charge in [0.1, 0.15) is 5.82 Å². The summed E-state index contributed by atoms with van der Waals surface area (Å²) in [4.78, 5) is 4.26. The molecule has 1 atom stereocenters. The van der Waals surface area contributed by atoms with Gasteiger partial charge >= 0.3 is 0 Å². The van der Waals surface area contributed by atoms with Gasteiger partial charge in [-0.05, 0) is 30.3 Å². The molecule has 0 saturated heterocycles. The van der Waals surface area contributed by atoms with Gasteiger partial charge in [0, 0.05) is 10.4 Å². The molecule has 0 radical (unpaired) electrons. The molecule has 0 aliphatic carbocycles. The van der Waals surface area contributed by atoms with Gasteiger partial charge in [0.25, 0.3) is 0 Å². The minimum atomic E-state index is -0.289. The second-order valence-electron chi connectivity index (χ2n) is 3.57. The lowest BCUT2D eigenvalue weighted by Crippen LogP contribution is -2.22. The molecule has 17 heavy (non-hydrogen) atoms. The summed E-state index contributed by atoms with van der Waals surface area (Å²) in [6.07, 6.45) is 0. The first-order valence-electron chi connectivity index (χ1n) is 5.28. The Morgan fingerprint density at radius 1 is 1.53 bits per heavy atom.